The largest absolute Gasteiger partial charge is 0.463 e. The number of unbranched alkanes of at least 4 members (excludes halogenated alkanes) is 8. The zero-order valence-corrected chi connectivity index (χ0v) is 24.8. The van der Waals surface area contributed by atoms with Gasteiger partial charge in [0.1, 0.15) is 30.7 Å². The smallest absolute Gasteiger partial charge is 0.306 e. The van der Waals surface area contributed by atoms with E-state index in [-0.39, 0.29) is 30.8 Å². The fourth-order valence-electron chi connectivity index (χ4n) is 4.74. The van der Waals surface area contributed by atoms with Crippen molar-refractivity contribution in [2.75, 3.05) is 6.61 Å². The maximum Gasteiger partial charge on any atom is 0.306 e. The number of hydrogen-bond acceptors (Lipinski definition) is 11. The van der Waals surface area contributed by atoms with E-state index in [1.807, 2.05) is 0 Å². The molecule has 5 atom stereocenters. The van der Waals surface area contributed by atoms with Crippen LogP contribution in [-0.2, 0) is 37.0 Å². The maximum absolute atomic E-state index is 12.6. The van der Waals surface area contributed by atoms with Gasteiger partial charge in [0, 0.05) is 30.2 Å². The molecule has 41 heavy (non-hydrogen) atoms. The summed E-state index contributed by atoms with van der Waals surface area (Å²) in [5, 5.41) is 41.4. The fraction of sp³-hybridized carbons (Fsp3) is 0.767. The monoisotopic (exact) mass is 583 g/mol. The van der Waals surface area contributed by atoms with Crippen LogP contribution in [0.3, 0.4) is 0 Å². The molecule has 2 rings (SSSR count). The average Bonchev–Trinajstić information content (AvgIpc) is 2.96. The van der Waals surface area contributed by atoms with E-state index in [1.54, 1.807) is 6.92 Å². The molecule has 1 fully saturated rings. The van der Waals surface area contributed by atoms with Gasteiger partial charge in [-0.05, 0) is 19.8 Å². The van der Waals surface area contributed by atoms with Gasteiger partial charge >= 0.3 is 11.9 Å². The van der Waals surface area contributed by atoms with E-state index in [4.69, 9.17) is 18.9 Å². The number of aromatic nitrogens is 1. The van der Waals surface area contributed by atoms with Crippen molar-refractivity contribution in [3.05, 3.63) is 23.0 Å². The van der Waals surface area contributed by atoms with Gasteiger partial charge in [-0.2, -0.15) is 0 Å². The van der Waals surface area contributed by atoms with Gasteiger partial charge in [0.15, 0.2) is 6.10 Å². The van der Waals surface area contributed by atoms with Gasteiger partial charge in [-0.3, -0.25) is 14.6 Å². The highest BCUT2D eigenvalue weighted by atomic mass is 16.7. The van der Waals surface area contributed by atoms with Crippen LogP contribution in [0, 0.1) is 6.92 Å². The first-order valence-corrected chi connectivity index (χ1v) is 15.0. The molecule has 0 unspecified atom stereocenters. The highest BCUT2D eigenvalue weighted by Gasteiger charge is 2.48. The first-order chi connectivity index (χ1) is 19.8. The molecule has 0 aliphatic carbocycles. The molecular weight excluding hydrogens is 534 g/mol. The number of hydrogen-bond donors (Lipinski definition) is 4. The van der Waals surface area contributed by atoms with Gasteiger partial charge in [0.25, 0.3) is 0 Å². The molecule has 1 aromatic heterocycles. The van der Waals surface area contributed by atoms with Crippen LogP contribution in [0.15, 0.2) is 6.20 Å². The number of aryl methyl sites for hydroxylation is 1. The predicted molar refractivity (Wildman–Crippen MR) is 150 cm³/mol. The molecule has 4 N–H and O–H groups in total. The molecule has 11 nitrogen and oxygen atoms in total. The van der Waals surface area contributed by atoms with Crippen LogP contribution in [-0.4, -0.2) is 74.7 Å². The molecule has 1 aliphatic rings. The molecule has 0 aromatic carbocycles. The summed E-state index contributed by atoms with van der Waals surface area (Å²) in [6.45, 7) is 4.63. The van der Waals surface area contributed by atoms with Crippen molar-refractivity contribution in [3.8, 4) is 5.75 Å². The molecule has 11 heteroatoms. The highest BCUT2D eigenvalue weighted by Crippen LogP contribution is 2.31. The van der Waals surface area contributed by atoms with Crippen LogP contribution >= 0.6 is 0 Å². The minimum Gasteiger partial charge on any atom is -0.463 e. The molecular formula is C30H49NO10. The van der Waals surface area contributed by atoms with Crippen LogP contribution < -0.4 is 4.74 Å². The number of ether oxygens (including phenoxy) is 4. The summed E-state index contributed by atoms with van der Waals surface area (Å²) in [4.78, 5) is 29.2. The van der Waals surface area contributed by atoms with E-state index in [1.165, 1.54) is 6.20 Å². The second-order valence-corrected chi connectivity index (χ2v) is 10.6. The topological polar surface area (TPSA) is 165 Å². The molecule has 0 amide bonds. The molecule has 0 radical (unpaired) electrons. The molecule has 0 spiro atoms. The third-order valence-electron chi connectivity index (χ3n) is 7.25. The van der Waals surface area contributed by atoms with Gasteiger partial charge in [0.2, 0.25) is 6.29 Å². The Morgan fingerprint density at radius 1 is 0.878 bits per heavy atom. The van der Waals surface area contributed by atoms with Gasteiger partial charge in [-0.25, -0.2) is 0 Å². The van der Waals surface area contributed by atoms with Crippen molar-refractivity contribution < 1.29 is 49.0 Å². The number of pyridine rings is 1. The lowest BCUT2D eigenvalue weighted by Gasteiger charge is -2.41. The van der Waals surface area contributed by atoms with Crippen LogP contribution in [0.25, 0.3) is 0 Å². The minimum atomic E-state index is -1.65. The Morgan fingerprint density at radius 3 is 2.07 bits per heavy atom. The van der Waals surface area contributed by atoms with Crippen molar-refractivity contribution >= 4 is 11.9 Å². The first-order valence-electron chi connectivity index (χ1n) is 15.0. The normalized spacial score (nSPS) is 22.4. The second kappa shape index (κ2) is 19.0. The number of carbonyl (C=O) groups is 2. The van der Waals surface area contributed by atoms with E-state index in [9.17, 15) is 30.0 Å². The van der Waals surface area contributed by atoms with Crippen molar-refractivity contribution in [2.24, 2.45) is 0 Å². The SMILES string of the molecule is CCCCCCCC(=O)OC[C@H]1O[C@@H](Oc2c(C)ncc(CO)c2CO)[C@H](O)[C@@H](O)[C@@H]1OC(=O)CCCCCCC. The summed E-state index contributed by atoms with van der Waals surface area (Å²) < 4.78 is 22.8. The summed E-state index contributed by atoms with van der Waals surface area (Å²) >= 11 is 0. The van der Waals surface area contributed by atoms with Crippen LogP contribution in [0.4, 0.5) is 0 Å². The van der Waals surface area contributed by atoms with Crippen LogP contribution in [0.1, 0.15) is 108 Å². The van der Waals surface area contributed by atoms with Gasteiger partial charge in [-0.1, -0.05) is 65.2 Å². The summed E-state index contributed by atoms with van der Waals surface area (Å²) in [5.74, 6) is -0.908. The molecule has 0 saturated carbocycles. The fourth-order valence-corrected chi connectivity index (χ4v) is 4.74. The van der Waals surface area contributed by atoms with Crippen molar-refractivity contribution in [1.29, 1.82) is 0 Å². The lowest BCUT2D eigenvalue weighted by molar-refractivity contribution is -0.282. The number of esters is 2. The number of rotatable bonds is 19. The van der Waals surface area contributed by atoms with E-state index >= 15 is 0 Å². The molecule has 1 aliphatic heterocycles. The Bertz CT molecular complexity index is 927. The van der Waals surface area contributed by atoms with Crippen LogP contribution in [0.2, 0.25) is 0 Å². The number of carbonyl (C=O) groups excluding carboxylic acids is 2. The lowest BCUT2D eigenvalue weighted by atomic mass is 9.98. The zero-order chi connectivity index (χ0) is 30.2. The Kier molecular flexibility index (Phi) is 16.2. The molecule has 1 saturated heterocycles. The summed E-state index contributed by atoms with van der Waals surface area (Å²) in [5.41, 5.74) is 0.946. The predicted octanol–water partition coefficient (Wildman–Crippen LogP) is 3.38. The molecule has 1 aromatic rings. The van der Waals surface area contributed by atoms with E-state index < -0.39 is 55.9 Å². The Hall–Kier alpha value is -2.31. The van der Waals surface area contributed by atoms with Crippen LogP contribution in [0.5, 0.6) is 5.75 Å². The average molecular weight is 584 g/mol. The van der Waals surface area contributed by atoms with Gasteiger partial charge in [-0.15, -0.1) is 0 Å². The van der Waals surface area contributed by atoms with Crippen molar-refractivity contribution in [3.63, 3.8) is 0 Å². The quantitative estimate of drug-likeness (QED) is 0.139. The van der Waals surface area contributed by atoms with Gasteiger partial charge in [0.05, 0.1) is 18.9 Å². The summed E-state index contributed by atoms with van der Waals surface area (Å²) in [6.07, 6.45) is 4.14. The standard InChI is InChI=1S/C30H49NO10/c1-4-6-8-10-12-14-24(34)38-19-23-29(40-25(35)15-13-11-9-7-5-2)26(36)27(37)30(39-23)41-28-20(3)31-16-21(17-32)22(28)18-33/h16,23,26-27,29-30,32-33,36-37H,4-15,17-19H2,1-3H3/t23-,26-,27-,29-,30+/m1/s1. The number of aliphatic hydroxyl groups is 4. The van der Waals surface area contributed by atoms with Gasteiger partial charge < -0.3 is 39.4 Å². The molecule has 0 bridgehead atoms. The maximum atomic E-state index is 12.6. The van der Waals surface area contributed by atoms with Crippen molar-refractivity contribution in [2.45, 2.75) is 142 Å². The second-order valence-electron chi connectivity index (χ2n) is 10.6. The number of nitrogens with zero attached hydrogens (tertiary/aromatic N) is 1. The lowest BCUT2D eigenvalue weighted by Crippen LogP contribution is -2.61. The first kappa shape index (κ1) is 34.9. The summed E-state index contributed by atoms with van der Waals surface area (Å²) in [6, 6.07) is 0. The Labute approximate surface area is 243 Å². The van der Waals surface area contributed by atoms with E-state index in [0.717, 1.165) is 51.4 Å². The highest BCUT2D eigenvalue weighted by molar-refractivity contribution is 5.70. The Balaban J connectivity index is 2.14. The third kappa shape index (κ3) is 11.1. The minimum absolute atomic E-state index is 0.0839. The molecule has 234 valence electrons. The van der Waals surface area contributed by atoms with E-state index in [2.05, 4.69) is 18.8 Å². The third-order valence-corrected chi connectivity index (χ3v) is 7.25. The Morgan fingerprint density at radius 2 is 1.49 bits per heavy atom. The summed E-state index contributed by atoms with van der Waals surface area (Å²) in [7, 11) is 0. The van der Waals surface area contributed by atoms with Crippen molar-refractivity contribution in [1.82, 2.24) is 4.98 Å². The number of aliphatic hydroxyl groups excluding tert-OH is 4. The molecule has 2 heterocycles. The van der Waals surface area contributed by atoms with E-state index in [0.29, 0.717) is 24.1 Å². The zero-order valence-electron chi connectivity index (χ0n) is 24.8.